The number of aliphatic carboxylic acids is 1. The van der Waals surface area contributed by atoms with Gasteiger partial charge >= 0.3 is 0 Å². The predicted molar refractivity (Wildman–Crippen MR) is 131 cm³/mol. The van der Waals surface area contributed by atoms with Crippen molar-refractivity contribution in [3.05, 3.63) is 65.2 Å². The number of nitrogen functional groups attached to an aromatic ring is 1. The van der Waals surface area contributed by atoms with Crippen LogP contribution in [0.2, 0.25) is 0 Å². The van der Waals surface area contributed by atoms with Gasteiger partial charge in [-0.15, -0.1) is 0 Å². The number of carboxylic acids is 1. The van der Waals surface area contributed by atoms with E-state index in [1.807, 2.05) is 12.1 Å². The molecule has 184 valence electrons. The topological polar surface area (TPSA) is 145 Å². The monoisotopic (exact) mass is 488 g/mol. The first-order valence-corrected chi connectivity index (χ1v) is 12.2. The summed E-state index contributed by atoms with van der Waals surface area (Å²) in [5, 5.41) is 14.8. The molecule has 1 fully saturated rings. The molecule has 10 heteroatoms. The first-order valence-electron chi connectivity index (χ1n) is 10.8. The average Bonchev–Trinajstić information content (AvgIpc) is 2.78. The number of rotatable bonds is 4. The van der Waals surface area contributed by atoms with Crippen molar-refractivity contribution in [2.45, 2.75) is 38.0 Å². The zero-order valence-corrected chi connectivity index (χ0v) is 20.7. The van der Waals surface area contributed by atoms with Crippen LogP contribution in [0.3, 0.4) is 0 Å². The molecule has 34 heavy (non-hydrogen) atoms. The van der Waals surface area contributed by atoms with E-state index in [0.29, 0.717) is 24.2 Å². The molecular weight excluding hydrogens is 456 g/mol. The fraction of sp³-hybridized carbons (Fsp3) is 0.375. The van der Waals surface area contributed by atoms with Gasteiger partial charge in [0.2, 0.25) is 10.0 Å². The molecule has 4 N–H and O–H groups in total. The SMILES string of the molecule is CC(=O)O.CC(C)(C)c1ccc(S(=O)(=O)N2CCN(C(=O)c3ccc(C(=N)N)cc3)CC2)cc1. The number of sulfonamides is 1. The molecule has 2 aromatic carbocycles. The molecule has 0 aromatic heterocycles. The highest BCUT2D eigenvalue weighted by Gasteiger charge is 2.30. The van der Waals surface area contributed by atoms with E-state index in [-0.39, 0.29) is 35.1 Å². The van der Waals surface area contributed by atoms with Crippen molar-refractivity contribution in [3.63, 3.8) is 0 Å². The zero-order valence-electron chi connectivity index (χ0n) is 19.9. The number of hydrogen-bond acceptors (Lipinski definition) is 5. The molecule has 9 nitrogen and oxygen atoms in total. The average molecular weight is 489 g/mol. The van der Waals surface area contributed by atoms with Crippen molar-refractivity contribution in [1.29, 1.82) is 5.41 Å². The van der Waals surface area contributed by atoms with Crippen molar-refractivity contribution in [3.8, 4) is 0 Å². The maximum Gasteiger partial charge on any atom is 0.300 e. The van der Waals surface area contributed by atoms with E-state index in [9.17, 15) is 13.2 Å². The number of amides is 1. The molecule has 0 saturated carbocycles. The predicted octanol–water partition coefficient (Wildman–Crippen LogP) is 2.51. The Morgan fingerprint density at radius 1 is 0.912 bits per heavy atom. The minimum atomic E-state index is -3.60. The molecule has 0 bridgehead atoms. The molecule has 3 rings (SSSR count). The van der Waals surface area contributed by atoms with Crippen LogP contribution >= 0.6 is 0 Å². The van der Waals surface area contributed by atoms with Crippen LogP contribution in [0.4, 0.5) is 0 Å². The van der Waals surface area contributed by atoms with Gasteiger partial charge < -0.3 is 15.7 Å². The van der Waals surface area contributed by atoms with Gasteiger partial charge in [-0.3, -0.25) is 15.0 Å². The van der Waals surface area contributed by atoms with Crippen molar-refractivity contribution < 1.29 is 23.1 Å². The van der Waals surface area contributed by atoms with Gasteiger partial charge in [0, 0.05) is 44.2 Å². The Bertz CT molecular complexity index is 1130. The van der Waals surface area contributed by atoms with E-state index >= 15 is 0 Å². The third kappa shape index (κ3) is 6.88. The summed E-state index contributed by atoms with van der Waals surface area (Å²) < 4.78 is 27.4. The highest BCUT2D eigenvalue weighted by atomic mass is 32.2. The Labute approximate surface area is 200 Å². The van der Waals surface area contributed by atoms with Crippen molar-refractivity contribution in [2.24, 2.45) is 5.73 Å². The van der Waals surface area contributed by atoms with Crippen molar-refractivity contribution in [2.75, 3.05) is 26.2 Å². The summed E-state index contributed by atoms with van der Waals surface area (Å²) in [6.45, 7) is 8.49. The summed E-state index contributed by atoms with van der Waals surface area (Å²) in [4.78, 5) is 23.6. The first-order chi connectivity index (χ1) is 15.7. The minimum Gasteiger partial charge on any atom is -0.481 e. The smallest absolute Gasteiger partial charge is 0.300 e. The second-order valence-electron chi connectivity index (χ2n) is 8.98. The molecule has 0 spiro atoms. The van der Waals surface area contributed by atoms with Gasteiger partial charge in [0.25, 0.3) is 11.9 Å². The number of carbonyl (C=O) groups is 2. The minimum absolute atomic E-state index is 0.0447. The fourth-order valence-corrected chi connectivity index (χ4v) is 4.80. The number of benzene rings is 2. The van der Waals surface area contributed by atoms with Gasteiger partial charge in [-0.1, -0.05) is 45.0 Å². The zero-order chi connectivity index (χ0) is 25.7. The van der Waals surface area contributed by atoms with Crippen LogP contribution in [0.15, 0.2) is 53.4 Å². The van der Waals surface area contributed by atoms with Crippen LogP contribution in [0.25, 0.3) is 0 Å². The van der Waals surface area contributed by atoms with E-state index < -0.39 is 16.0 Å². The Kier molecular flexibility index (Phi) is 8.57. The summed E-state index contributed by atoms with van der Waals surface area (Å²) in [5.41, 5.74) is 7.52. The molecule has 1 amide bonds. The van der Waals surface area contributed by atoms with Crippen molar-refractivity contribution >= 4 is 27.7 Å². The van der Waals surface area contributed by atoms with Crippen LogP contribution in [0.5, 0.6) is 0 Å². The lowest BCUT2D eigenvalue weighted by Crippen LogP contribution is -2.50. The first kappa shape index (κ1) is 27.0. The standard InChI is InChI=1S/C22H28N4O3S.C2H4O2/c1-22(2,3)18-8-10-19(11-9-18)30(28,29)26-14-12-25(13-15-26)21(27)17-6-4-16(5-7-17)20(23)24;1-2(3)4/h4-11H,12-15H2,1-3H3,(H3,23,24);1H3,(H,3,4). The molecule has 0 unspecified atom stereocenters. The second-order valence-corrected chi connectivity index (χ2v) is 10.9. The van der Waals surface area contributed by atoms with E-state index in [4.69, 9.17) is 21.0 Å². The molecule has 0 atom stereocenters. The Morgan fingerprint density at radius 2 is 1.35 bits per heavy atom. The molecule has 2 aromatic rings. The number of nitrogens with zero attached hydrogens (tertiary/aromatic N) is 2. The van der Waals surface area contributed by atoms with Gasteiger partial charge in [-0.25, -0.2) is 8.42 Å². The quantitative estimate of drug-likeness (QED) is 0.445. The normalized spacial score (nSPS) is 14.6. The number of nitrogens with one attached hydrogen (secondary N) is 1. The van der Waals surface area contributed by atoms with Gasteiger partial charge in [-0.2, -0.15) is 4.31 Å². The van der Waals surface area contributed by atoms with Crippen molar-refractivity contribution in [1.82, 2.24) is 9.21 Å². The molecule has 1 saturated heterocycles. The number of piperazine rings is 1. The molecular formula is C24H32N4O5S. The molecule has 0 aliphatic carbocycles. The number of carbonyl (C=O) groups excluding carboxylic acids is 1. The highest BCUT2D eigenvalue weighted by molar-refractivity contribution is 7.89. The summed E-state index contributed by atoms with van der Waals surface area (Å²) in [7, 11) is -3.60. The fourth-order valence-electron chi connectivity index (χ4n) is 3.38. The maximum atomic E-state index is 13.0. The van der Waals surface area contributed by atoms with Crippen LogP contribution in [0, 0.1) is 5.41 Å². The summed E-state index contributed by atoms with van der Waals surface area (Å²) in [6, 6.07) is 13.6. The lowest BCUT2D eigenvalue weighted by atomic mass is 9.87. The maximum absolute atomic E-state index is 13.0. The lowest BCUT2D eigenvalue weighted by molar-refractivity contribution is -0.134. The molecule has 1 aliphatic heterocycles. The van der Waals surface area contributed by atoms with E-state index in [2.05, 4.69) is 20.8 Å². The van der Waals surface area contributed by atoms with Gasteiger partial charge in [-0.05, 0) is 35.2 Å². The molecule has 1 aliphatic rings. The number of nitrogens with two attached hydrogens (primary N) is 1. The number of hydrogen-bond donors (Lipinski definition) is 3. The third-order valence-corrected chi connectivity index (χ3v) is 7.24. The number of amidine groups is 1. The summed E-state index contributed by atoms with van der Waals surface area (Å²) >= 11 is 0. The molecule has 0 radical (unpaired) electrons. The van der Waals surface area contributed by atoms with Crippen LogP contribution in [-0.4, -0.2) is 66.6 Å². The van der Waals surface area contributed by atoms with Crippen LogP contribution < -0.4 is 5.73 Å². The largest absolute Gasteiger partial charge is 0.481 e. The summed E-state index contributed by atoms with van der Waals surface area (Å²) in [5.74, 6) is -1.04. The third-order valence-electron chi connectivity index (χ3n) is 5.33. The van der Waals surface area contributed by atoms with E-state index in [1.165, 1.54) is 4.31 Å². The Hall–Kier alpha value is -3.24. The van der Waals surface area contributed by atoms with Gasteiger partial charge in [0.05, 0.1) is 4.90 Å². The Balaban J connectivity index is 0.000000945. The van der Waals surface area contributed by atoms with Gasteiger partial charge in [0.15, 0.2) is 0 Å². The Morgan fingerprint density at radius 3 is 1.76 bits per heavy atom. The van der Waals surface area contributed by atoms with E-state index in [1.54, 1.807) is 41.3 Å². The van der Waals surface area contributed by atoms with Crippen LogP contribution in [0.1, 0.15) is 49.2 Å². The van der Waals surface area contributed by atoms with E-state index in [0.717, 1.165) is 12.5 Å². The van der Waals surface area contributed by atoms with Gasteiger partial charge in [0.1, 0.15) is 5.84 Å². The lowest BCUT2D eigenvalue weighted by Gasteiger charge is -2.34. The highest BCUT2D eigenvalue weighted by Crippen LogP contribution is 2.25. The van der Waals surface area contributed by atoms with Crippen LogP contribution in [-0.2, 0) is 20.2 Å². The molecule has 1 heterocycles. The number of carboxylic acid groups (broad SMARTS) is 1. The summed E-state index contributed by atoms with van der Waals surface area (Å²) in [6.07, 6.45) is 0. The second kappa shape index (κ2) is 10.8.